The number of hydrogen-bond donors (Lipinski definition) is 1. The topological polar surface area (TPSA) is 69.0 Å². The lowest BCUT2D eigenvalue weighted by molar-refractivity contribution is -0.113. The van der Waals surface area contributed by atoms with Crippen LogP contribution in [0.2, 0.25) is 0 Å². The van der Waals surface area contributed by atoms with Gasteiger partial charge in [0.25, 0.3) is 0 Å². The Balaban J connectivity index is 1.36. The van der Waals surface area contributed by atoms with E-state index in [2.05, 4.69) is 15.5 Å². The molecule has 4 aromatic rings. The molecule has 0 radical (unpaired) electrons. The van der Waals surface area contributed by atoms with Crippen LogP contribution in [0.5, 0.6) is 11.5 Å². The number of benzene rings is 3. The highest BCUT2D eigenvalue weighted by Crippen LogP contribution is 2.24. The molecule has 0 saturated heterocycles. The molecule has 0 spiro atoms. The molecule has 144 valence electrons. The molecule has 1 N–H and O–H groups in total. The Morgan fingerprint density at radius 3 is 2.45 bits per heavy atom. The number of carbonyl (C=O) groups excluding carboxylic acids is 1. The standard InChI is InChI=1S/C22H18N4O2S/c27-21(15-29-22-25-23-16-26(22)18-9-3-1-4-10-18)24-17-8-7-13-20(14-17)28-19-11-5-2-6-12-19/h1-14,16H,15H2,(H,24,27). The largest absolute Gasteiger partial charge is 0.457 e. The van der Waals surface area contributed by atoms with E-state index in [0.717, 1.165) is 11.4 Å². The number of nitrogens with zero attached hydrogens (tertiary/aromatic N) is 3. The number of hydrogen-bond acceptors (Lipinski definition) is 5. The van der Waals surface area contributed by atoms with Crippen molar-refractivity contribution in [2.45, 2.75) is 5.16 Å². The summed E-state index contributed by atoms with van der Waals surface area (Å²) >= 11 is 1.33. The average Bonchev–Trinajstić information content (AvgIpc) is 3.23. The van der Waals surface area contributed by atoms with E-state index < -0.39 is 0 Å². The quantitative estimate of drug-likeness (QED) is 0.450. The fourth-order valence-corrected chi connectivity index (χ4v) is 3.41. The molecule has 1 aromatic heterocycles. The van der Waals surface area contributed by atoms with E-state index >= 15 is 0 Å². The first-order valence-corrected chi connectivity index (χ1v) is 9.97. The lowest BCUT2D eigenvalue weighted by Gasteiger charge is -2.09. The molecule has 6 nitrogen and oxygen atoms in total. The summed E-state index contributed by atoms with van der Waals surface area (Å²) in [5.41, 5.74) is 1.62. The van der Waals surface area contributed by atoms with Crippen LogP contribution in [-0.2, 0) is 4.79 Å². The van der Waals surface area contributed by atoms with Crippen molar-refractivity contribution in [2.24, 2.45) is 0 Å². The molecule has 3 aromatic carbocycles. The predicted molar refractivity (Wildman–Crippen MR) is 114 cm³/mol. The van der Waals surface area contributed by atoms with Gasteiger partial charge < -0.3 is 10.1 Å². The van der Waals surface area contributed by atoms with Gasteiger partial charge in [0.1, 0.15) is 17.8 Å². The predicted octanol–water partition coefficient (Wildman–Crippen LogP) is 4.79. The van der Waals surface area contributed by atoms with Crippen LogP contribution >= 0.6 is 11.8 Å². The molecule has 1 amide bonds. The molecule has 4 rings (SSSR count). The number of thioether (sulfide) groups is 1. The lowest BCUT2D eigenvalue weighted by Crippen LogP contribution is -2.14. The van der Waals surface area contributed by atoms with Crippen LogP contribution in [0, 0.1) is 0 Å². The number of carbonyl (C=O) groups is 1. The summed E-state index contributed by atoms with van der Waals surface area (Å²) in [7, 11) is 0. The third-order valence-electron chi connectivity index (χ3n) is 3.98. The maximum Gasteiger partial charge on any atom is 0.234 e. The van der Waals surface area contributed by atoms with Crippen LogP contribution < -0.4 is 10.1 Å². The Labute approximate surface area is 172 Å². The smallest absolute Gasteiger partial charge is 0.234 e. The number of ether oxygens (including phenoxy) is 1. The van der Waals surface area contributed by atoms with Gasteiger partial charge in [-0.05, 0) is 36.4 Å². The number of anilines is 1. The van der Waals surface area contributed by atoms with Crippen molar-refractivity contribution >= 4 is 23.4 Å². The van der Waals surface area contributed by atoms with Gasteiger partial charge in [0.05, 0.1) is 5.75 Å². The Morgan fingerprint density at radius 2 is 1.66 bits per heavy atom. The van der Waals surface area contributed by atoms with Crippen molar-refractivity contribution in [3.05, 3.63) is 91.3 Å². The molecule has 0 unspecified atom stereocenters. The first-order chi connectivity index (χ1) is 14.3. The minimum Gasteiger partial charge on any atom is -0.457 e. The molecule has 0 aliphatic rings. The van der Waals surface area contributed by atoms with Gasteiger partial charge in [-0.3, -0.25) is 9.36 Å². The first kappa shape index (κ1) is 18.8. The van der Waals surface area contributed by atoms with Crippen molar-refractivity contribution in [2.75, 3.05) is 11.1 Å². The fourth-order valence-electron chi connectivity index (χ4n) is 2.68. The van der Waals surface area contributed by atoms with Crippen molar-refractivity contribution in [1.82, 2.24) is 14.8 Å². The van der Waals surface area contributed by atoms with Crippen LogP contribution in [-0.4, -0.2) is 26.4 Å². The Bertz CT molecular complexity index is 1080. The maximum absolute atomic E-state index is 12.4. The Morgan fingerprint density at radius 1 is 0.931 bits per heavy atom. The molecule has 29 heavy (non-hydrogen) atoms. The molecule has 0 aliphatic heterocycles. The summed E-state index contributed by atoms with van der Waals surface area (Å²) in [5, 5.41) is 11.6. The van der Waals surface area contributed by atoms with Gasteiger partial charge in [-0.25, -0.2) is 0 Å². The Kier molecular flexibility index (Phi) is 5.87. The maximum atomic E-state index is 12.4. The summed E-state index contributed by atoms with van der Waals surface area (Å²) in [4.78, 5) is 12.4. The monoisotopic (exact) mass is 402 g/mol. The van der Waals surface area contributed by atoms with Gasteiger partial charge in [0.2, 0.25) is 5.91 Å². The van der Waals surface area contributed by atoms with Crippen molar-refractivity contribution in [3.8, 4) is 17.2 Å². The van der Waals surface area contributed by atoms with Gasteiger partial charge in [-0.15, -0.1) is 10.2 Å². The zero-order valence-electron chi connectivity index (χ0n) is 15.4. The van der Waals surface area contributed by atoms with Crippen molar-refractivity contribution < 1.29 is 9.53 Å². The third kappa shape index (κ3) is 5.03. The van der Waals surface area contributed by atoms with Gasteiger partial charge in [0, 0.05) is 17.4 Å². The minimum absolute atomic E-state index is 0.130. The second-order valence-corrected chi connectivity index (χ2v) is 7.04. The van der Waals surface area contributed by atoms with Gasteiger partial charge >= 0.3 is 0 Å². The van der Waals surface area contributed by atoms with E-state index in [1.807, 2.05) is 83.4 Å². The van der Waals surface area contributed by atoms with Crippen molar-refractivity contribution in [3.63, 3.8) is 0 Å². The molecule has 1 heterocycles. The van der Waals surface area contributed by atoms with Crippen molar-refractivity contribution in [1.29, 1.82) is 0 Å². The molecule has 0 atom stereocenters. The zero-order valence-corrected chi connectivity index (χ0v) is 16.3. The second kappa shape index (κ2) is 9.07. The SMILES string of the molecule is O=C(CSc1nncn1-c1ccccc1)Nc1cccc(Oc2ccccc2)c1. The third-order valence-corrected chi connectivity index (χ3v) is 4.92. The molecular formula is C22H18N4O2S. The molecule has 7 heteroatoms. The van der Waals surface area contributed by atoms with E-state index in [9.17, 15) is 4.79 Å². The number of rotatable bonds is 7. The molecular weight excluding hydrogens is 384 g/mol. The van der Waals surface area contributed by atoms with E-state index in [1.165, 1.54) is 11.8 Å². The average molecular weight is 402 g/mol. The Hall–Kier alpha value is -3.58. The van der Waals surface area contributed by atoms with Gasteiger partial charge in [0.15, 0.2) is 5.16 Å². The molecule has 0 saturated carbocycles. The van der Waals surface area contributed by atoms with Crippen LogP contribution in [0.3, 0.4) is 0 Å². The molecule has 0 fully saturated rings. The lowest BCUT2D eigenvalue weighted by atomic mass is 10.3. The van der Waals surface area contributed by atoms with Crippen LogP contribution in [0.1, 0.15) is 0 Å². The van der Waals surface area contributed by atoms with Gasteiger partial charge in [-0.2, -0.15) is 0 Å². The van der Waals surface area contributed by atoms with Crippen LogP contribution in [0.15, 0.2) is 96.4 Å². The molecule has 0 aliphatic carbocycles. The van der Waals surface area contributed by atoms with Crippen LogP contribution in [0.25, 0.3) is 5.69 Å². The fraction of sp³-hybridized carbons (Fsp3) is 0.0455. The molecule has 0 bridgehead atoms. The van der Waals surface area contributed by atoms with E-state index in [-0.39, 0.29) is 11.7 Å². The van der Waals surface area contributed by atoms with E-state index in [4.69, 9.17) is 4.74 Å². The first-order valence-electron chi connectivity index (χ1n) is 8.99. The number of para-hydroxylation sites is 2. The summed E-state index contributed by atoms with van der Waals surface area (Å²) in [6.07, 6.45) is 1.64. The highest BCUT2D eigenvalue weighted by atomic mass is 32.2. The van der Waals surface area contributed by atoms with E-state index in [1.54, 1.807) is 12.4 Å². The highest BCUT2D eigenvalue weighted by molar-refractivity contribution is 7.99. The summed E-state index contributed by atoms with van der Waals surface area (Å²) in [6, 6.07) is 26.6. The summed E-state index contributed by atoms with van der Waals surface area (Å²) in [6.45, 7) is 0. The minimum atomic E-state index is -0.130. The second-order valence-electron chi connectivity index (χ2n) is 6.10. The van der Waals surface area contributed by atoms with Gasteiger partial charge in [-0.1, -0.05) is 54.2 Å². The number of aromatic nitrogens is 3. The highest BCUT2D eigenvalue weighted by Gasteiger charge is 2.10. The number of nitrogens with one attached hydrogen (secondary N) is 1. The zero-order chi connectivity index (χ0) is 19.9. The normalized spacial score (nSPS) is 10.5. The van der Waals surface area contributed by atoms with Crippen LogP contribution in [0.4, 0.5) is 5.69 Å². The number of amides is 1. The summed E-state index contributed by atoms with van der Waals surface area (Å²) in [5.74, 6) is 1.49. The van der Waals surface area contributed by atoms with E-state index in [0.29, 0.717) is 16.6 Å². The summed E-state index contributed by atoms with van der Waals surface area (Å²) < 4.78 is 7.66.